The number of aryl methyl sites for hydroxylation is 1. The first-order chi connectivity index (χ1) is 62.8. The summed E-state index contributed by atoms with van der Waals surface area (Å²) in [6, 6.07) is 1.25. The van der Waals surface area contributed by atoms with Crippen molar-refractivity contribution in [1.82, 2.24) is 97.2 Å². The highest BCUT2D eigenvalue weighted by molar-refractivity contribution is 7.53. The van der Waals surface area contributed by atoms with Gasteiger partial charge in [0, 0.05) is 57.2 Å². The molecule has 6 saturated heterocycles. The first-order valence-corrected chi connectivity index (χ1v) is 49.3. The Morgan fingerprint density at radius 3 is 1.23 bits per heavy atom. The van der Waals surface area contributed by atoms with E-state index in [1.165, 1.54) is 56.6 Å². The molecule has 133 heavy (non-hydrogen) atoms. The number of nitrogens with one attached hydrogen (secondary N) is 3. The number of nitrogen functional groups attached to an aromatic ring is 5. The summed E-state index contributed by atoms with van der Waals surface area (Å²) in [6.07, 6.45) is -21.7. The van der Waals surface area contributed by atoms with E-state index in [9.17, 15) is 80.7 Å². The average molecular weight is 1990 g/mol. The summed E-state index contributed by atoms with van der Waals surface area (Å²) in [6.45, 7) is 1.73. The summed E-state index contributed by atoms with van der Waals surface area (Å²) >= 11 is 0. The Morgan fingerprint density at radius 2 is 0.805 bits per heavy atom. The van der Waals surface area contributed by atoms with E-state index in [-0.39, 0.29) is 80.3 Å². The van der Waals surface area contributed by atoms with Crippen molar-refractivity contribution >= 4 is 121 Å². The maximum Gasteiger partial charge on any atom is 0.472 e. The highest BCUT2D eigenvalue weighted by atomic mass is 31.2. The number of ether oxygens (including phenoxy) is 8. The summed E-state index contributed by atoms with van der Waals surface area (Å²) in [4.78, 5) is 186. The van der Waals surface area contributed by atoms with Crippen LogP contribution in [0.2, 0.25) is 0 Å². The second kappa shape index (κ2) is 38.4. The van der Waals surface area contributed by atoms with E-state index in [1.807, 2.05) is 0 Å². The van der Waals surface area contributed by atoms with Crippen LogP contribution < -0.4 is 56.7 Å². The van der Waals surface area contributed by atoms with Gasteiger partial charge in [-0.05, 0) is 26.8 Å². The molecule has 6 fully saturated rings. The van der Waals surface area contributed by atoms with E-state index in [2.05, 4.69) is 69.8 Å². The van der Waals surface area contributed by atoms with Crippen LogP contribution >= 0.6 is 46.7 Å². The van der Waals surface area contributed by atoms with Gasteiger partial charge in [-0.25, -0.2) is 72.3 Å². The molecular formula is C66H89N25O36P6. The van der Waals surface area contributed by atoms with Gasteiger partial charge >= 0.3 is 58.1 Å². The van der Waals surface area contributed by atoms with Crippen molar-refractivity contribution in [3.8, 4) is 0 Å². The van der Waals surface area contributed by atoms with Gasteiger partial charge in [0.25, 0.3) is 16.7 Å². The van der Waals surface area contributed by atoms with Crippen LogP contribution in [0.4, 0.5) is 29.4 Å². The summed E-state index contributed by atoms with van der Waals surface area (Å²) < 4.78 is 203. The van der Waals surface area contributed by atoms with Crippen LogP contribution in [-0.4, -0.2) is 264 Å². The predicted octanol–water partition coefficient (Wildman–Crippen LogP) is 0.224. The lowest BCUT2D eigenvalue weighted by Gasteiger charge is -2.27. The molecule has 0 spiro atoms. The molecule has 0 saturated carbocycles. The first kappa shape index (κ1) is 96.8. The van der Waals surface area contributed by atoms with Crippen molar-refractivity contribution in [2.45, 2.75) is 195 Å². The molecule has 10 aromatic rings. The minimum atomic E-state index is -5.69. The summed E-state index contributed by atoms with van der Waals surface area (Å²) in [5.74, 6) is -0.925. The second-order valence-corrected chi connectivity index (χ2v) is 40.9. The minimum Gasteiger partial charge on any atom is -0.383 e. The number of nitrogens with zero attached hydrogens (tertiary/aromatic N) is 17. The van der Waals surface area contributed by atoms with Gasteiger partial charge in [-0.2, -0.15) is 15.0 Å². The van der Waals surface area contributed by atoms with Crippen LogP contribution in [0.1, 0.15) is 103 Å². The molecule has 25 atom stereocenters. The van der Waals surface area contributed by atoms with Crippen molar-refractivity contribution in [3.05, 3.63) is 114 Å². The van der Waals surface area contributed by atoms with E-state index in [4.69, 9.17) is 116 Å². The Kier molecular flexibility index (Phi) is 27.9. The summed E-state index contributed by atoms with van der Waals surface area (Å²) in [5, 5.41) is 0. The number of imidazole rings is 4. The molecule has 6 aliphatic rings. The number of phosphoric acid groups is 5. The third-order valence-corrected chi connectivity index (χ3v) is 28.7. The molecule has 25 unspecified atom stereocenters. The Labute approximate surface area is 744 Å². The fourth-order valence-corrected chi connectivity index (χ4v) is 21.0. The summed E-state index contributed by atoms with van der Waals surface area (Å²) in [5.41, 5.74) is 24.1. The minimum absolute atomic E-state index is 0.0407. The highest BCUT2D eigenvalue weighted by Gasteiger charge is 2.55. The zero-order chi connectivity index (χ0) is 95.0. The number of H-pyrrole nitrogens is 3. The zero-order valence-electron chi connectivity index (χ0n) is 70.2. The van der Waals surface area contributed by atoms with Crippen LogP contribution in [0.5, 0.6) is 0 Å². The SMILES string of the molecule is COC1C(OP(=O)(O)OCC2OC(n3cnc4c(N)ncnc43)CC2OC(C)C)C(COP(=O)(O)OC2CC(n3cnc4c(N)ncnc43)OC2COP(=O)(O)OC2CC(n3cc(C)c(=O)[nH]c3=O)OC2COP(=O)(O)OC2CC(n3cnc4c(=O)[nH]c(N)nc43)OC2COP(=O)(O)OC2CC(n3ccc(N)nc3=O)OC2COP(=O)(O)C(C)C)OC1n1cnc2c(=O)[nH]c(N)nc21. The Morgan fingerprint density at radius 1 is 0.429 bits per heavy atom. The van der Waals surface area contributed by atoms with Crippen LogP contribution in [0.25, 0.3) is 44.7 Å². The van der Waals surface area contributed by atoms with Gasteiger partial charge in [0.15, 0.2) is 51.5 Å². The molecular weight excluding hydrogens is 1900 g/mol. The van der Waals surface area contributed by atoms with Gasteiger partial charge in [-0.3, -0.25) is 107 Å². The number of phosphoric ester groups is 5. The number of hydrogen-bond acceptors (Lipinski definition) is 46. The van der Waals surface area contributed by atoms with Gasteiger partial charge in [0.2, 0.25) is 11.9 Å². The first-order valence-electron chi connectivity index (χ1n) is 40.2. The molecule has 0 bridgehead atoms. The van der Waals surface area contributed by atoms with Gasteiger partial charge < -0.3 is 100 Å². The highest BCUT2D eigenvalue weighted by Crippen LogP contribution is 2.58. The van der Waals surface area contributed by atoms with Crippen LogP contribution in [0.3, 0.4) is 0 Å². The van der Waals surface area contributed by atoms with E-state index in [0.717, 1.165) is 50.6 Å². The van der Waals surface area contributed by atoms with E-state index in [1.54, 1.807) is 18.4 Å². The Balaban J connectivity index is 0.625. The van der Waals surface area contributed by atoms with Crippen molar-refractivity contribution < 1.29 is 144 Å². The molecule has 19 N–H and O–H groups in total. The molecule has 0 amide bonds. The van der Waals surface area contributed by atoms with Crippen molar-refractivity contribution in [1.29, 1.82) is 0 Å². The number of aromatic nitrogens is 20. The molecule has 0 aliphatic carbocycles. The maximum absolute atomic E-state index is 14.7. The number of fused-ring (bicyclic) bond motifs is 4. The van der Waals surface area contributed by atoms with Crippen molar-refractivity contribution in [2.75, 3.05) is 75.4 Å². The van der Waals surface area contributed by atoms with Gasteiger partial charge in [-0.1, -0.05) is 13.8 Å². The van der Waals surface area contributed by atoms with Crippen LogP contribution in [0, 0.1) is 6.92 Å². The molecule has 0 radical (unpaired) electrons. The molecule has 67 heteroatoms. The van der Waals surface area contributed by atoms with E-state index in [0.29, 0.717) is 5.65 Å². The molecule has 61 nitrogen and oxygen atoms in total. The molecule has 10 aromatic heterocycles. The third kappa shape index (κ3) is 21.5. The number of rotatable bonds is 38. The molecule has 16 rings (SSSR count). The lowest BCUT2D eigenvalue weighted by Crippen LogP contribution is -2.38. The van der Waals surface area contributed by atoms with Crippen molar-refractivity contribution in [2.24, 2.45) is 0 Å². The molecule has 6 aliphatic heterocycles. The van der Waals surface area contributed by atoms with E-state index < -0.39 is 269 Å². The third-order valence-electron chi connectivity index (χ3n) is 21.8. The zero-order valence-corrected chi connectivity index (χ0v) is 75.6. The smallest absolute Gasteiger partial charge is 0.383 e. The number of aromatic amines is 3. The molecule has 724 valence electrons. The van der Waals surface area contributed by atoms with E-state index >= 15 is 0 Å². The molecule has 0 aromatic carbocycles. The Hall–Kier alpha value is -9.26. The number of nitrogens with two attached hydrogens (primary N) is 5. The van der Waals surface area contributed by atoms with Crippen molar-refractivity contribution in [3.63, 3.8) is 0 Å². The lowest BCUT2D eigenvalue weighted by molar-refractivity contribution is -0.0777. The lowest BCUT2D eigenvalue weighted by atomic mass is 10.1. The quantitative estimate of drug-likeness (QED) is 0.0230. The monoisotopic (exact) mass is 1990 g/mol. The van der Waals surface area contributed by atoms with Gasteiger partial charge in [0.1, 0.15) is 134 Å². The normalized spacial score (nSPS) is 29.1. The fraction of sp³-hybridized carbons (Fsp3) is 0.576. The number of anilines is 5. The number of hydrogen-bond donors (Lipinski definition) is 14. The fourth-order valence-electron chi connectivity index (χ4n) is 15.5. The number of methoxy groups -OCH3 is 1. The predicted molar refractivity (Wildman–Crippen MR) is 445 cm³/mol. The average Bonchev–Trinajstić information content (AvgIpc) is 1.61. The molecule has 16 heterocycles. The van der Waals surface area contributed by atoms with Crippen LogP contribution in [0.15, 0.2) is 80.4 Å². The second-order valence-electron chi connectivity index (χ2n) is 31.5. The Bertz CT molecular complexity index is 6640. The standard InChI is InChI=1S/C66H89N25O36P6/c1-27(2)116-30-9-44(88-23-76-47-53(68)72-21-74-55(47)88)117-35(30)16-114-133(107,108)127-51-40(122-62(52(51)109-6)91-26-79-50-58(91)82-64(71)84-61(50)94)20-115-132(105,106)126-33-12-45(89-24-77-48-54(69)73-22-75-56(48)89)120-38(33)18-112-130(101,102)124-32-11-43(87-14-29(5)59(92)85-66(87)96)119-37(32)17-111-131(103,104)125-34-13-46(90-25-78-49-57(90)81-63(70)83-60(49)93)121-39(34)19-113-129(99,100)123-31-10-42(86-8-7-41(67)80-65(86)95)118-36(31)15-110-128(97,98)28(3)4/h7-8,14,21-28,30-40,42-46,51-52,62H,9-13,15-20H2,1-6H3,(H,97,98)(H,99,100)(H,101,102)(H,103,104)(H,105,106)(H,107,108)(H2,67,80,95)(H2,68,72,74)(H2,69,73,75)(H,85,92,96)(H3,70,81,83,93)(H3,71,82,84,94). The summed E-state index contributed by atoms with van der Waals surface area (Å²) in [7, 11) is -31.1. The topological polar surface area (TPSA) is 833 Å². The van der Waals surface area contributed by atoms with Gasteiger partial charge in [0.05, 0.1) is 82.8 Å². The maximum atomic E-state index is 14.7. The van der Waals surface area contributed by atoms with Crippen LogP contribution in [-0.2, 0) is 115 Å². The largest absolute Gasteiger partial charge is 0.472 e. The van der Waals surface area contributed by atoms with Gasteiger partial charge in [-0.15, -0.1) is 0 Å².